The molecule has 0 aliphatic heterocycles. The van der Waals surface area contributed by atoms with Crippen molar-refractivity contribution in [2.75, 3.05) is 0 Å². The fraction of sp³-hybridized carbons (Fsp3) is 0.840. The van der Waals surface area contributed by atoms with Crippen LogP contribution < -0.4 is 0 Å². The van der Waals surface area contributed by atoms with Crippen LogP contribution >= 0.6 is 0 Å². The summed E-state index contributed by atoms with van der Waals surface area (Å²) < 4.78 is 13.3. The first-order valence-corrected chi connectivity index (χ1v) is 18.9. The summed E-state index contributed by atoms with van der Waals surface area (Å²) >= 11 is 0. The van der Waals surface area contributed by atoms with E-state index in [9.17, 15) is 0 Å². The molecule has 6 atom stereocenters. The maximum absolute atomic E-state index is 6.91. The van der Waals surface area contributed by atoms with Crippen LogP contribution in [0.1, 0.15) is 58.8 Å². The van der Waals surface area contributed by atoms with Crippen molar-refractivity contribution in [3.05, 3.63) is 23.5 Å². The molecule has 0 N–H and O–H groups in total. The molecular weight excluding hydrogens is 388 g/mol. The highest BCUT2D eigenvalue weighted by molar-refractivity contribution is 6.70. The van der Waals surface area contributed by atoms with Gasteiger partial charge in [-0.05, 0) is 125 Å². The predicted octanol–water partition coefficient (Wildman–Crippen LogP) is 7.51. The van der Waals surface area contributed by atoms with Gasteiger partial charge in [-0.1, -0.05) is 13.0 Å². The average molecular weight is 433 g/mol. The van der Waals surface area contributed by atoms with Crippen LogP contribution in [0, 0.1) is 29.1 Å². The van der Waals surface area contributed by atoms with E-state index in [1.165, 1.54) is 44.3 Å². The molecule has 6 unspecified atom stereocenters. The van der Waals surface area contributed by atoms with Gasteiger partial charge < -0.3 is 8.85 Å². The van der Waals surface area contributed by atoms with Gasteiger partial charge >= 0.3 is 0 Å². The van der Waals surface area contributed by atoms with Gasteiger partial charge in [0.15, 0.2) is 8.32 Å². The van der Waals surface area contributed by atoms with E-state index in [4.69, 9.17) is 8.85 Å². The first-order valence-electron chi connectivity index (χ1n) is 12.1. The molecule has 0 spiro atoms. The normalized spacial score (nSPS) is 42.3. The third-order valence-electron chi connectivity index (χ3n) is 8.59. The van der Waals surface area contributed by atoms with Crippen molar-refractivity contribution >= 4 is 16.6 Å². The summed E-state index contributed by atoms with van der Waals surface area (Å²) in [4.78, 5) is 0. The lowest BCUT2D eigenvalue weighted by Gasteiger charge is -2.56. The molecule has 0 aromatic rings. The number of allylic oxidation sites excluding steroid dienone is 4. The standard InChI is InChI=1S/C25H44O2Si2/c1-24-15-13-21-20-12-10-19(26-28(3,4)5)17-18(20)9-11-22(21)23(24)14-16-25(24,2)27-29(6,7)8/h9,17,20-23H,10-16H2,1-8H3. The van der Waals surface area contributed by atoms with E-state index >= 15 is 0 Å². The van der Waals surface area contributed by atoms with Gasteiger partial charge in [0.1, 0.15) is 0 Å². The summed E-state index contributed by atoms with van der Waals surface area (Å²) in [5.41, 5.74) is 2.05. The third kappa shape index (κ3) is 3.98. The minimum absolute atomic E-state index is 0.0852. The van der Waals surface area contributed by atoms with Gasteiger partial charge in [0.05, 0.1) is 11.4 Å². The molecule has 2 fully saturated rings. The Morgan fingerprint density at radius 2 is 1.62 bits per heavy atom. The Balaban J connectivity index is 1.56. The van der Waals surface area contributed by atoms with Gasteiger partial charge in [-0.15, -0.1) is 0 Å². The van der Waals surface area contributed by atoms with Gasteiger partial charge in [0.2, 0.25) is 8.32 Å². The van der Waals surface area contributed by atoms with Crippen LogP contribution in [-0.2, 0) is 8.85 Å². The first kappa shape index (κ1) is 21.9. The molecule has 29 heavy (non-hydrogen) atoms. The Labute approximate surface area is 181 Å². The zero-order chi connectivity index (χ0) is 21.2. The minimum atomic E-state index is -1.55. The topological polar surface area (TPSA) is 18.5 Å². The van der Waals surface area contributed by atoms with E-state index < -0.39 is 16.6 Å². The third-order valence-corrected chi connectivity index (χ3v) is 10.5. The highest BCUT2D eigenvalue weighted by Gasteiger charge is 2.61. The van der Waals surface area contributed by atoms with Crippen molar-refractivity contribution in [3.8, 4) is 0 Å². The maximum atomic E-state index is 6.91. The number of fused-ring (bicyclic) bond motifs is 5. The second-order valence-electron chi connectivity index (χ2n) is 12.8. The van der Waals surface area contributed by atoms with Crippen molar-refractivity contribution in [3.63, 3.8) is 0 Å². The predicted molar refractivity (Wildman–Crippen MR) is 128 cm³/mol. The molecular formula is C25H44O2Si2. The molecule has 0 saturated heterocycles. The Kier molecular flexibility index (Phi) is 5.36. The van der Waals surface area contributed by atoms with E-state index in [0.29, 0.717) is 5.41 Å². The maximum Gasteiger partial charge on any atom is 0.241 e. The molecule has 0 amide bonds. The summed E-state index contributed by atoms with van der Waals surface area (Å²) in [6.07, 6.45) is 14.1. The monoisotopic (exact) mass is 432 g/mol. The van der Waals surface area contributed by atoms with E-state index in [-0.39, 0.29) is 5.60 Å². The second-order valence-corrected chi connectivity index (χ2v) is 21.6. The van der Waals surface area contributed by atoms with Crippen molar-refractivity contribution in [2.45, 2.75) is 104 Å². The zero-order valence-corrected chi connectivity index (χ0v) is 22.2. The summed E-state index contributed by atoms with van der Waals surface area (Å²) in [6, 6.07) is 0. The molecule has 4 aliphatic rings. The van der Waals surface area contributed by atoms with Crippen LogP contribution in [-0.4, -0.2) is 22.2 Å². The van der Waals surface area contributed by atoms with Gasteiger partial charge in [0.25, 0.3) is 0 Å². The first-order chi connectivity index (χ1) is 13.3. The zero-order valence-electron chi connectivity index (χ0n) is 20.2. The van der Waals surface area contributed by atoms with Crippen LogP contribution in [0.3, 0.4) is 0 Å². The average Bonchev–Trinajstić information content (AvgIpc) is 2.82. The molecule has 164 valence electrons. The second kappa shape index (κ2) is 7.10. The Bertz CT molecular complexity index is 713. The molecule has 2 saturated carbocycles. The SMILES string of the molecule is CC1(O[Si](C)(C)C)CCC2C3CC=C4C=C(O[Si](C)(C)C)CCC4C3CCC21C. The van der Waals surface area contributed by atoms with Gasteiger partial charge in [0, 0.05) is 6.42 Å². The van der Waals surface area contributed by atoms with Crippen LogP contribution in [0.4, 0.5) is 0 Å². The molecule has 0 aromatic carbocycles. The van der Waals surface area contributed by atoms with Crippen molar-refractivity contribution in [2.24, 2.45) is 29.1 Å². The van der Waals surface area contributed by atoms with Crippen molar-refractivity contribution in [1.82, 2.24) is 0 Å². The summed E-state index contributed by atoms with van der Waals surface area (Å²) in [5.74, 6) is 4.62. The molecule has 0 heterocycles. The molecule has 4 aliphatic carbocycles. The Hall–Kier alpha value is -0.326. The fourth-order valence-electron chi connectivity index (χ4n) is 7.47. The van der Waals surface area contributed by atoms with Gasteiger partial charge in [-0.25, -0.2) is 0 Å². The summed E-state index contributed by atoms with van der Waals surface area (Å²) in [6.45, 7) is 19.0. The van der Waals surface area contributed by atoms with Crippen LogP contribution in [0.25, 0.3) is 0 Å². The smallest absolute Gasteiger partial charge is 0.241 e. The summed E-state index contributed by atoms with van der Waals surface area (Å²) in [5, 5.41) is 0. The lowest BCUT2D eigenvalue weighted by atomic mass is 9.52. The molecule has 4 rings (SSSR count). The number of hydrogen-bond donors (Lipinski definition) is 0. The molecule has 0 bridgehead atoms. The lowest BCUT2D eigenvalue weighted by molar-refractivity contribution is -0.0920. The number of rotatable bonds is 4. The number of hydrogen-bond acceptors (Lipinski definition) is 2. The van der Waals surface area contributed by atoms with Crippen LogP contribution in [0.2, 0.25) is 39.3 Å². The molecule has 2 nitrogen and oxygen atoms in total. The van der Waals surface area contributed by atoms with E-state index in [2.05, 4.69) is 65.3 Å². The van der Waals surface area contributed by atoms with E-state index in [1.54, 1.807) is 5.57 Å². The lowest BCUT2D eigenvalue weighted by Crippen LogP contribution is -2.54. The minimum Gasteiger partial charge on any atom is -0.547 e. The highest BCUT2D eigenvalue weighted by atomic mass is 28.4. The fourth-order valence-corrected chi connectivity index (χ4v) is 10.1. The van der Waals surface area contributed by atoms with Gasteiger partial charge in [-0.2, -0.15) is 0 Å². The molecule has 4 heteroatoms. The largest absolute Gasteiger partial charge is 0.547 e. The highest BCUT2D eigenvalue weighted by Crippen LogP contribution is 2.65. The molecule has 0 radical (unpaired) electrons. The van der Waals surface area contributed by atoms with Crippen molar-refractivity contribution in [1.29, 1.82) is 0 Å². The molecule has 0 aromatic heterocycles. The van der Waals surface area contributed by atoms with Crippen molar-refractivity contribution < 1.29 is 8.85 Å². The van der Waals surface area contributed by atoms with Crippen LogP contribution in [0.15, 0.2) is 23.5 Å². The van der Waals surface area contributed by atoms with Crippen LogP contribution in [0.5, 0.6) is 0 Å². The van der Waals surface area contributed by atoms with Gasteiger partial charge in [-0.3, -0.25) is 0 Å². The summed E-state index contributed by atoms with van der Waals surface area (Å²) in [7, 11) is -3.05. The quantitative estimate of drug-likeness (QED) is 0.428. The van der Waals surface area contributed by atoms with E-state index in [0.717, 1.165) is 30.1 Å². The Morgan fingerprint density at radius 1 is 0.897 bits per heavy atom. The van der Waals surface area contributed by atoms with E-state index in [1.807, 2.05) is 0 Å². The Morgan fingerprint density at radius 3 is 2.28 bits per heavy atom.